The molecule has 1 saturated heterocycles. The Morgan fingerprint density at radius 2 is 2.06 bits per heavy atom. The molecule has 1 fully saturated rings. The highest BCUT2D eigenvalue weighted by molar-refractivity contribution is 5.27. The van der Waals surface area contributed by atoms with E-state index in [1.165, 1.54) is 24.0 Å². The van der Waals surface area contributed by atoms with Gasteiger partial charge in [-0.2, -0.15) is 0 Å². The van der Waals surface area contributed by atoms with Gasteiger partial charge in [-0.25, -0.2) is 0 Å². The van der Waals surface area contributed by atoms with Crippen molar-refractivity contribution in [3.05, 3.63) is 47.5 Å². The van der Waals surface area contributed by atoms with Crippen molar-refractivity contribution in [1.82, 2.24) is 5.32 Å². The van der Waals surface area contributed by atoms with E-state index in [1.54, 1.807) is 0 Å². The van der Waals surface area contributed by atoms with Crippen LogP contribution in [0.15, 0.2) is 42.0 Å². The maximum absolute atomic E-state index is 3.70. The topological polar surface area (TPSA) is 12.0 Å². The van der Waals surface area contributed by atoms with Crippen LogP contribution in [0.1, 0.15) is 38.7 Å². The molecule has 2 rings (SSSR count). The molecular formula is C15H21N. The zero-order chi connectivity index (χ0) is 11.4. The van der Waals surface area contributed by atoms with Crippen molar-refractivity contribution in [1.29, 1.82) is 0 Å². The Morgan fingerprint density at radius 3 is 2.62 bits per heavy atom. The molecule has 0 amide bonds. The van der Waals surface area contributed by atoms with Crippen LogP contribution < -0.4 is 5.32 Å². The fraction of sp³-hybridized carbons (Fsp3) is 0.467. The van der Waals surface area contributed by atoms with Gasteiger partial charge in [-0.15, -0.1) is 0 Å². The highest BCUT2D eigenvalue weighted by Gasteiger charge is 2.33. The molecule has 0 radical (unpaired) electrons. The quantitative estimate of drug-likeness (QED) is 0.759. The Bertz CT molecular complexity index is 354. The van der Waals surface area contributed by atoms with E-state index in [-0.39, 0.29) is 5.54 Å². The van der Waals surface area contributed by atoms with E-state index >= 15 is 0 Å². The highest BCUT2D eigenvalue weighted by atomic mass is 15.0. The lowest BCUT2D eigenvalue weighted by molar-refractivity contribution is 0.394. The van der Waals surface area contributed by atoms with Crippen LogP contribution in [0.5, 0.6) is 0 Å². The summed E-state index contributed by atoms with van der Waals surface area (Å²) < 4.78 is 0. The Balaban J connectivity index is 2.26. The van der Waals surface area contributed by atoms with E-state index in [4.69, 9.17) is 0 Å². The predicted octanol–water partition coefficient (Wildman–Crippen LogP) is 3.62. The summed E-state index contributed by atoms with van der Waals surface area (Å²) in [7, 11) is 0. The summed E-state index contributed by atoms with van der Waals surface area (Å²) >= 11 is 0. The summed E-state index contributed by atoms with van der Waals surface area (Å²) in [6.45, 7) is 5.49. The molecule has 1 aliphatic rings. The number of hydrogen-bond donors (Lipinski definition) is 1. The average Bonchev–Trinajstić information content (AvgIpc) is 2.78. The van der Waals surface area contributed by atoms with Gasteiger partial charge in [0.2, 0.25) is 0 Å². The van der Waals surface area contributed by atoms with Crippen LogP contribution in [-0.4, -0.2) is 6.54 Å². The van der Waals surface area contributed by atoms with Crippen LogP contribution in [-0.2, 0) is 5.54 Å². The zero-order valence-corrected chi connectivity index (χ0v) is 10.3. The van der Waals surface area contributed by atoms with E-state index in [9.17, 15) is 0 Å². The van der Waals surface area contributed by atoms with Crippen molar-refractivity contribution in [2.24, 2.45) is 0 Å². The van der Waals surface area contributed by atoms with Crippen LogP contribution in [0.2, 0.25) is 0 Å². The Morgan fingerprint density at radius 1 is 1.31 bits per heavy atom. The third-order valence-electron chi connectivity index (χ3n) is 3.43. The minimum absolute atomic E-state index is 0.193. The van der Waals surface area contributed by atoms with Gasteiger partial charge < -0.3 is 5.32 Å². The molecule has 0 aromatic heterocycles. The maximum atomic E-state index is 3.70. The summed E-state index contributed by atoms with van der Waals surface area (Å²) in [4.78, 5) is 0. The Kier molecular flexibility index (Phi) is 3.45. The molecule has 0 spiro atoms. The molecule has 1 unspecified atom stereocenters. The highest BCUT2D eigenvalue weighted by Crippen LogP contribution is 2.34. The summed E-state index contributed by atoms with van der Waals surface area (Å²) in [6, 6.07) is 10.9. The Labute approximate surface area is 98.6 Å². The van der Waals surface area contributed by atoms with Crippen molar-refractivity contribution < 1.29 is 0 Å². The smallest absolute Gasteiger partial charge is 0.0470 e. The van der Waals surface area contributed by atoms with Gasteiger partial charge in [-0.1, -0.05) is 42.0 Å². The lowest BCUT2D eigenvalue weighted by Crippen LogP contribution is -2.36. The number of benzene rings is 1. The van der Waals surface area contributed by atoms with E-state index in [0.717, 1.165) is 13.0 Å². The largest absolute Gasteiger partial charge is 0.307 e. The first-order valence-corrected chi connectivity index (χ1v) is 6.17. The summed E-state index contributed by atoms with van der Waals surface area (Å²) in [5.74, 6) is 0. The molecule has 0 aliphatic carbocycles. The second-order valence-electron chi connectivity index (χ2n) is 4.96. The van der Waals surface area contributed by atoms with Crippen LogP contribution in [0, 0.1) is 0 Å². The fourth-order valence-electron chi connectivity index (χ4n) is 2.48. The van der Waals surface area contributed by atoms with Crippen LogP contribution in [0.3, 0.4) is 0 Å². The molecule has 86 valence electrons. The molecule has 0 bridgehead atoms. The van der Waals surface area contributed by atoms with Gasteiger partial charge in [0.15, 0.2) is 0 Å². The van der Waals surface area contributed by atoms with Crippen LogP contribution >= 0.6 is 0 Å². The van der Waals surface area contributed by atoms with Gasteiger partial charge in [0.05, 0.1) is 0 Å². The SMILES string of the molecule is CC(C)=CCC1(c2ccccc2)CCCN1. The van der Waals surface area contributed by atoms with E-state index < -0.39 is 0 Å². The minimum Gasteiger partial charge on any atom is -0.307 e. The van der Waals surface area contributed by atoms with E-state index in [1.807, 2.05) is 0 Å². The zero-order valence-electron chi connectivity index (χ0n) is 10.3. The number of allylic oxidation sites excluding steroid dienone is 1. The molecular weight excluding hydrogens is 194 g/mol. The number of hydrogen-bond acceptors (Lipinski definition) is 1. The van der Waals surface area contributed by atoms with Gasteiger partial charge >= 0.3 is 0 Å². The molecule has 1 heteroatoms. The van der Waals surface area contributed by atoms with Crippen molar-refractivity contribution in [3.63, 3.8) is 0 Å². The van der Waals surface area contributed by atoms with Gasteiger partial charge in [0.1, 0.15) is 0 Å². The third kappa shape index (κ3) is 2.35. The number of nitrogens with one attached hydrogen (secondary N) is 1. The van der Waals surface area contributed by atoms with Gasteiger partial charge in [0.25, 0.3) is 0 Å². The van der Waals surface area contributed by atoms with Gasteiger partial charge in [-0.05, 0) is 45.2 Å². The van der Waals surface area contributed by atoms with Crippen molar-refractivity contribution in [3.8, 4) is 0 Å². The molecule has 1 aliphatic heterocycles. The lowest BCUT2D eigenvalue weighted by Gasteiger charge is -2.29. The molecule has 1 atom stereocenters. The summed E-state index contributed by atoms with van der Waals surface area (Å²) in [5.41, 5.74) is 3.03. The van der Waals surface area contributed by atoms with Crippen LogP contribution in [0.4, 0.5) is 0 Å². The molecule has 1 aromatic carbocycles. The van der Waals surface area contributed by atoms with E-state index in [2.05, 4.69) is 55.6 Å². The first-order valence-electron chi connectivity index (χ1n) is 6.17. The monoisotopic (exact) mass is 215 g/mol. The van der Waals surface area contributed by atoms with Gasteiger partial charge in [0, 0.05) is 5.54 Å². The molecule has 1 heterocycles. The average molecular weight is 215 g/mol. The van der Waals surface area contributed by atoms with Crippen molar-refractivity contribution in [2.45, 2.75) is 38.6 Å². The van der Waals surface area contributed by atoms with Crippen LogP contribution in [0.25, 0.3) is 0 Å². The normalized spacial score (nSPS) is 24.4. The molecule has 1 nitrogen and oxygen atoms in total. The van der Waals surface area contributed by atoms with E-state index in [0.29, 0.717) is 0 Å². The predicted molar refractivity (Wildman–Crippen MR) is 69.4 cm³/mol. The first-order chi connectivity index (χ1) is 7.73. The second kappa shape index (κ2) is 4.84. The fourth-order valence-corrected chi connectivity index (χ4v) is 2.48. The molecule has 0 saturated carbocycles. The molecule has 1 aromatic rings. The minimum atomic E-state index is 0.193. The summed E-state index contributed by atoms with van der Waals surface area (Å²) in [5, 5.41) is 3.70. The maximum Gasteiger partial charge on any atom is 0.0470 e. The molecule has 1 N–H and O–H groups in total. The lowest BCUT2D eigenvalue weighted by atomic mass is 9.85. The van der Waals surface area contributed by atoms with Crippen molar-refractivity contribution >= 4 is 0 Å². The standard InChI is InChI=1S/C15H21N/c1-13(2)9-11-15(10-6-12-16-15)14-7-4-3-5-8-14/h3-5,7-9,16H,6,10-12H2,1-2H3. The summed E-state index contributed by atoms with van der Waals surface area (Å²) in [6.07, 6.45) is 6.00. The Hall–Kier alpha value is -1.08. The second-order valence-corrected chi connectivity index (χ2v) is 4.96. The first kappa shape index (κ1) is 11.4. The van der Waals surface area contributed by atoms with Crippen molar-refractivity contribution in [2.75, 3.05) is 6.54 Å². The molecule has 16 heavy (non-hydrogen) atoms. The third-order valence-corrected chi connectivity index (χ3v) is 3.43. The van der Waals surface area contributed by atoms with Gasteiger partial charge in [-0.3, -0.25) is 0 Å². The number of rotatable bonds is 3.